The van der Waals surface area contributed by atoms with E-state index >= 15 is 0 Å². The van der Waals surface area contributed by atoms with Crippen LogP contribution < -0.4 is 5.32 Å². The minimum Gasteiger partial charge on any atom is -0.377 e. The first-order chi connectivity index (χ1) is 8.70. The predicted molar refractivity (Wildman–Crippen MR) is 66.7 cm³/mol. The van der Waals surface area contributed by atoms with E-state index in [2.05, 4.69) is 11.4 Å². The Bertz CT molecular complexity index is 455. The summed E-state index contributed by atoms with van der Waals surface area (Å²) in [5, 5.41) is 12.3. The number of nitrogens with zero attached hydrogens (tertiary/aromatic N) is 1. The van der Waals surface area contributed by atoms with Gasteiger partial charge in [0.2, 0.25) is 0 Å². The summed E-state index contributed by atoms with van der Waals surface area (Å²) in [6.45, 7) is 1.40. The molecule has 0 radical (unpaired) electrons. The third kappa shape index (κ3) is 3.20. The molecule has 1 aliphatic heterocycles. The molecular weight excluding hydrogens is 255 g/mol. The van der Waals surface area contributed by atoms with Crippen molar-refractivity contribution in [1.29, 1.82) is 5.26 Å². The van der Waals surface area contributed by atoms with Gasteiger partial charge >= 0.3 is 0 Å². The van der Waals surface area contributed by atoms with Gasteiger partial charge in [0.1, 0.15) is 11.9 Å². The molecule has 3 nitrogen and oxygen atoms in total. The fraction of sp³-hybridized carbons (Fsp3) is 0.462. The third-order valence-corrected chi connectivity index (χ3v) is 3.27. The first kappa shape index (κ1) is 13.3. The molecule has 1 fully saturated rings. The Hall–Kier alpha value is -1.15. The Morgan fingerprint density at radius 2 is 2.44 bits per heavy atom. The van der Waals surface area contributed by atoms with Gasteiger partial charge in [-0.25, -0.2) is 4.39 Å². The van der Waals surface area contributed by atoms with E-state index in [1.807, 2.05) is 0 Å². The van der Waals surface area contributed by atoms with Gasteiger partial charge in [0.15, 0.2) is 0 Å². The van der Waals surface area contributed by atoms with Crippen LogP contribution in [0.4, 0.5) is 4.39 Å². The van der Waals surface area contributed by atoms with Crippen LogP contribution in [0.15, 0.2) is 18.2 Å². The Kier molecular flexibility index (Phi) is 4.54. The van der Waals surface area contributed by atoms with E-state index < -0.39 is 11.9 Å². The zero-order valence-corrected chi connectivity index (χ0v) is 10.6. The molecule has 1 heterocycles. The molecule has 0 aromatic heterocycles. The molecule has 1 N–H and O–H groups in total. The second kappa shape index (κ2) is 6.14. The Labute approximate surface area is 111 Å². The average Bonchev–Trinajstić information content (AvgIpc) is 2.87. The average molecular weight is 269 g/mol. The number of ether oxygens (including phenoxy) is 1. The molecule has 0 amide bonds. The molecule has 0 aliphatic carbocycles. The predicted octanol–water partition coefficient (Wildman–Crippen LogP) is 2.81. The van der Waals surface area contributed by atoms with E-state index in [9.17, 15) is 4.39 Å². The number of hydrogen-bond donors (Lipinski definition) is 1. The van der Waals surface area contributed by atoms with Gasteiger partial charge < -0.3 is 4.74 Å². The van der Waals surface area contributed by atoms with E-state index in [-0.39, 0.29) is 11.1 Å². The molecule has 96 valence electrons. The van der Waals surface area contributed by atoms with Gasteiger partial charge in [-0.3, -0.25) is 5.32 Å². The van der Waals surface area contributed by atoms with E-state index in [0.29, 0.717) is 12.1 Å². The van der Waals surface area contributed by atoms with E-state index in [1.165, 1.54) is 12.1 Å². The van der Waals surface area contributed by atoms with Crippen LogP contribution in [0.25, 0.3) is 0 Å². The van der Waals surface area contributed by atoms with Gasteiger partial charge in [0.25, 0.3) is 0 Å². The van der Waals surface area contributed by atoms with Crippen LogP contribution in [0.5, 0.6) is 0 Å². The summed E-state index contributed by atoms with van der Waals surface area (Å²) in [7, 11) is 0. The molecule has 5 heteroatoms. The molecular formula is C13H14ClFN2O. The van der Waals surface area contributed by atoms with Crippen molar-refractivity contribution in [2.75, 3.05) is 13.2 Å². The van der Waals surface area contributed by atoms with E-state index in [1.54, 1.807) is 6.07 Å². The molecule has 18 heavy (non-hydrogen) atoms. The minimum atomic E-state index is -0.493. The fourth-order valence-corrected chi connectivity index (χ4v) is 2.17. The van der Waals surface area contributed by atoms with Gasteiger partial charge in [0.05, 0.1) is 17.2 Å². The highest BCUT2D eigenvalue weighted by molar-refractivity contribution is 6.30. The maximum absolute atomic E-state index is 13.0. The van der Waals surface area contributed by atoms with Gasteiger partial charge in [-0.1, -0.05) is 17.7 Å². The molecule has 0 saturated carbocycles. The summed E-state index contributed by atoms with van der Waals surface area (Å²) in [5.41, 5.74) is 0.668. The quantitative estimate of drug-likeness (QED) is 0.913. The van der Waals surface area contributed by atoms with Gasteiger partial charge in [-0.05, 0) is 30.5 Å². The molecule has 0 spiro atoms. The first-order valence-corrected chi connectivity index (χ1v) is 6.28. The highest BCUT2D eigenvalue weighted by Gasteiger charge is 2.18. The van der Waals surface area contributed by atoms with Crippen LogP contribution in [0.2, 0.25) is 5.02 Å². The normalized spacial score (nSPS) is 20.6. The molecule has 0 bridgehead atoms. The molecule has 2 unspecified atom stereocenters. The summed E-state index contributed by atoms with van der Waals surface area (Å²) >= 11 is 5.71. The molecule has 1 aromatic carbocycles. The summed E-state index contributed by atoms with van der Waals surface area (Å²) in [6, 6.07) is 5.97. The van der Waals surface area contributed by atoms with Crippen LogP contribution >= 0.6 is 11.6 Å². The van der Waals surface area contributed by atoms with Crippen molar-refractivity contribution >= 4 is 11.6 Å². The van der Waals surface area contributed by atoms with Crippen LogP contribution in [-0.4, -0.2) is 19.3 Å². The fourth-order valence-electron chi connectivity index (χ4n) is 1.98. The standard InChI is InChI=1S/C13H14ClFN2O/c14-11-6-9(3-4-12(11)15)13(7-16)17-8-10-2-1-5-18-10/h3-4,6,10,13,17H,1-2,5,8H2. The number of nitriles is 1. The van der Waals surface area contributed by atoms with Crippen LogP contribution in [0.1, 0.15) is 24.4 Å². The van der Waals surface area contributed by atoms with Crippen LogP contribution in [0, 0.1) is 17.1 Å². The summed E-state index contributed by atoms with van der Waals surface area (Å²) in [6.07, 6.45) is 2.23. The number of nitrogens with one attached hydrogen (secondary N) is 1. The monoisotopic (exact) mass is 268 g/mol. The maximum atomic E-state index is 13.0. The lowest BCUT2D eigenvalue weighted by Gasteiger charge is -2.15. The van der Waals surface area contributed by atoms with Crippen molar-refractivity contribution in [3.05, 3.63) is 34.6 Å². The van der Waals surface area contributed by atoms with Gasteiger partial charge in [-0.2, -0.15) is 5.26 Å². The Morgan fingerprint density at radius 3 is 3.06 bits per heavy atom. The van der Waals surface area contributed by atoms with Crippen molar-refractivity contribution in [2.45, 2.75) is 25.0 Å². The summed E-state index contributed by atoms with van der Waals surface area (Å²) < 4.78 is 18.5. The number of rotatable bonds is 4. The smallest absolute Gasteiger partial charge is 0.141 e. The molecule has 1 aromatic rings. The Morgan fingerprint density at radius 1 is 1.61 bits per heavy atom. The molecule has 1 aliphatic rings. The van der Waals surface area contributed by atoms with Crippen LogP contribution in [0.3, 0.4) is 0 Å². The highest BCUT2D eigenvalue weighted by Crippen LogP contribution is 2.21. The zero-order chi connectivity index (χ0) is 13.0. The van der Waals surface area contributed by atoms with Crippen molar-refractivity contribution in [2.24, 2.45) is 0 Å². The number of halogens is 2. The van der Waals surface area contributed by atoms with Gasteiger partial charge in [-0.15, -0.1) is 0 Å². The largest absolute Gasteiger partial charge is 0.377 e. The second-order valence-electron chi connectivity index (χ2n) is 4.28. The zero-order valence-electron chi connectivity index (χ0n) is 9.83. The van der Waals surface area contributed by atoms with Crippen LogP contribution in [-0.2, 0) is 4.74 Å². The third-order valence-electron chi connectivity index (χ3n) is 2.98. The molecule has 2 rings (SSSR count). The lowest BCUT2D eigenvalue weighted by molar-refractivity contribution is 0.109. The van der Waals surface area contributed by atoms with E-state index in [4.69, 9.17) is 21.6 Å². The van der Waals surface area contributed by atoms with Crippen molar-refractivity contribution in [3.63, 3.8) is 0 Å². The molecule has 1 saturated heterocycles. The highest BCUT2D eigenvalue weighted by atomic mass is 35.5. The van der Waals surface area contributed by atoms with E-state index in [0.717, 1.165) is 19.4 Å². The number of hydrogen-bond acceptors (Lipinski definition) is 3. The lowest BCUT2D eigenvalue weighted by atomic mass is 10.1. The van der Waals surface area contributed by atoms with Crippen molar-refractivity contribution in [1.82, 2.24) is 5.32 Å². The summed E-state index contributed by atoms with van der Waals surface area (Å²) in [5.74, 6) is -0.476. The summed E-state index contributed by atoms with van der Waals surface area (Å²) in [4.78, 5) is 0. The van der Waals surface area contributed by atoms with Crippen molar-refractivity contribution in [3.8, 4) is 6.07 Å². The maximum Gasteiger partial charge on any atom is 0.141 e. The van der Waals surface area contributed by atoms with Gasteiger partial charge in [0, 0.05) is 13.2 Å². The minimum absolute atomic E-state index is 0.0340. The second-order valence-corrected chi connectivity index (χ2v) is 4.69. The molecule has 2 atom stereocenters. The first-order valence-electron chi connectivity index (χ1n) is 5.90. The lowest BCUT2D eigenvalue weighted by Crippen LogP contribution is -2.29. The topological polar surface area (TPSA) is 45.0 Å². The Balaban J connectivity index is 1.99. The number of benzene rings is 1. The van der Waals surface area contributed by atoms with Crippen molar-refractivity contribution < 1.29 is 9.13 Å². The SMILES string of the molecule is N#CC(NCC1CCCO1)c1ccc(F)c(Cl)c1.